The van der Waals surface area contributed by atoms with Gasteiger partial charge in [0, 0.05) is 12.1 Å². The van der Waals surface area contributed by atoms with Gasteiger partial charge in [0.25, 0.3) is 0 Å². The van der Waals surface area contributed by atoms with Gasteiger partial charge in [-0.05, 0) is 44.9 Å². The van der Waals surface area contributed by atoms with Gasteiger partial charge in [0.2, 0.25) is 0 Å². The van der Waals surface area contributed by atoms with Crippen molar-refractivity contribution in [3.8, 4) is 11.5 Å². The molecule has 20 heavy (non-hydrogen) atoms. The van der Waals surface area contributed by atoms with Gasteiger partial charge in [-0.15, -0.1) is 0 Å². The third kappa shape index (κ3) is 4.41. The minimum absolute atomic E-state index is 0.684. The molecule has 3 heteroatoms. The first kappa shape index (κ1) is 15.2. The van der Waals surface area contributed by atoms with Crippen LogP contribution >= 0.6 is 0 Å². The average Bonchev–Trinajstić information content (AvgIpc) is 2.49. The normalized spacial score (nSPS) is 16.1. The van der Waals surface area contributed by atoms with E-state index in [1.165, 1.54) is 32.1 Å². The van der Waals surface area contributed by atoms with Crippen LogP contribution in [0.15, 0.2) is 18.2 Å². The number of ether oxygens (including phenoxy) is 2. The molecular formula is C17H27NO2. The predicted molar refractivity (Wildman–Crippen MR) is 82.7 cm³/mol. The lowest BCUT2D eigenvalue weighted by Crippen LogP contribution is -2.17. The maximum absolute atomic E-state index is 6.03. The summed E-state index contributed by atoms with van der Waals surface area (Å²) in [7, 11) is 1.93. The van der Waals surface area contributed by atoms with E-state index in [2.05, 4.69) is 12.2 Å². The highest BCUT2D eigenvalue weighted by atomic mass is 16.5. The van der Waals surface area contributed by atoms with Crippen molar-refractivity contribution in [2.45, 2.75) is 39.0 Å². The highest BCUT2D eigenvalue weighted by Crippen LogP contribution is 2.29. The van der Waals surface area contributed by atoms with E-state index < -0.39 is 0 Å². The molecule has 0 heterocycles. The number of likely N-dealkylation sites (N-methyl/N-ethyl adjacent to an activating group) is 1. The molecule has 0 radical (unpaired) electrons. The Morgan fingerprint density at radius 2 is 1.80 bits per heavy atom. The predicted octanol–water partition coefficient (Wildman–Crippen LogP) is 3.55. The van der Waals surface area contributed by atoms with Gasteiger partial charge in [0.15, 0.2) is 0 Å². The Kier molecular flexibility index (Phi) is 6.19. The van der Waals surface area contributed by atoms with Crippen molar-refractivity contribution in [2.75, 3.05) is 26.8 Å². The Balaban J connectivity index is 1.88. The number of hydrogen-bond donors (Lipinski definition) is 1. The monoisotopic (exact) mass is 277 g/mol. The largest absolute Gasteiger partial charge is 0.493 e. The highest BCUT2D eigenvalue weighted by Gasteiger charge is 2.15. The van der Waals surface area contributed by atoms with Crippen molar-refractivity contribution in [3.63, 3.8) is 0 Å². The first-order valence-electron chi connectivity index (χ1n) is 7.81. The standard InChI is InChI=1S/C17H27NO2/c1-14-16(19-12-11-18-2)9-6-10-17(14)20-13-15-7-4-3-5-8-15/h6,9-10,15,18H,3-5,7-8,11-13H2,1-2H3. The molecule has 0 bridgehead atoms. The number of hydrogen-bond acceptors (Lipinski definition) is 3. The van der Waals surface area contributed by atoms with Crippen LogP contribution < -0.4 is 14.8 Å². The van der Waals surface area contributed by atoms with Crippen molar-refractivity contribution >= 4 is 0 Å². The second-order valence-electron chi connectivity index (χ2n) is 5.65. The number of nitrogens with one attached hydrogen (secondary N) is 1. The molecule has 1 aromatic carbocycles. The summed E-state index contributed by atoms with van der Waals surface area (Å²) in [5.74, 6) is 2.64. The van der Waals surface area contributed by atoms with Gasteiger partial charge in [0.1, 0.15) is 18.1 Å². The summed E-state index contributed by atoms with van der Waals surface area (Å²) in [5.41, 5.74) is 1.11. The lowest BCUT2D eigenvalue weighted by Gasteiger charge is -2.22. The number of benzene rings is 1. The van der Waals surface area contributed by atoms with Crippen LogP contribution in [-0.4, -0.2) is 26.8 Å². The maximum Gasteiger partial charge on any atom is 0.125 e. The van der Waals surface area contributed by atoms with Crippen LogP contribution in [-0.2, 0) is 0 Å². The fourth-order valence-electron chi connectivity index (χ4n) is 2.73. The molecule has 1 aliphatic rings. The summed E-state index contributed by atoms with van der Waals surface area (Å²) in [6.45, 7) is 4.46. The van der Waals surface area contributed by atoms with E-state index in [9.17, 15) is 0 Å². The Hall–Kier alpha value is -1.22. The van der Waals surface area contributed by atoms with Gasteiger partial charge in [-0.1, -0.05) is 25.3 Å². The summed E-state index contributed by atoms with van der Waals surface area (Å²) in [5, 5.41) is 3.08. The van der Waals surface area contributed by atoms with Gasteiger partial charge >= 0.3 is 0 Å². The van der Waals surface area contributed by atoms with Gasteiger partial charge in [-0.2, -0.15) is 0 Å². The zero-order chi connectivity index (χ0) is 14.2. The number of rotatable bonds is 7. The summed E-state index contributed by atoms with van der Waals surface area (Å²) in [6.07, 6.45) is 6.75. The van der Waals surface area contributed by atoms with Crippen molar-refractivity contribution in [1.29, 1.82) is 0 Å². The Labute approximate surface area is 122 Å². The Bertz CT molecular complexity index is 400. The first-order chi connectivity index (χ1) is 9.81. The lowest BCUT2D eigenvalue weighted by molar-refractivity contribution is 0.206. The van der Waals surface area contributed by atoms with Crippen LogP contribution in [0.4, 0.5) is 0 Å². The summed E-state index contributed by atoms with van der Waals surface area (Å²) in [6, 6.07) is 6.07. The molecule has 1 fully saturated rings. The molecule has 0 unspecified atom stereocenters. The Morgan fingerprint density at radius 1 is 1.10 bits per heavy atom. The molecule has 1 N–H and O–H groups in total. The van der Waals surface area contributed by atoms with Crippen molar-refractivity contribution in [2.24, 2.45) is 5.92 Å². The van der Waals surface area contributed by atoms with Crippen LogP contribution in [0.2, 0.25) is 0 Å². The van der Waals surface area contributed by atoms with E-state index in [4.69, 9.17) is 9.47 Å². The van der Waals surface area contributed by atoms with Crippen molar-refractivity contribution in [1.82, 2.24) is 5.32 Å². The third-order valence-corrected chi connectivity index (χ3v) is 4.04. The summed E-state index contributed by atoms with van der Waals surface area (Å²) >= 11 is 0. The zero-order valence-electron chi connectivity index (χ0n) is 12.8. The molecule has 3 nitrogen and oxygen atoms in total. The molecular weight excluding hydrogens is 250 g/mol. The smallest absolute Gasteiger partial charge is 0.125 e. The molecule has 0 saturated heterocycles. The third-order valence-electron chi connectivity index (χ3n) is 4.04. The van der Waals surface area contributed by atoms with Crippen LogP contribution in [0.5, 0.6) is 11.5 Å². The SMILES string of the molecule is CNCCOc1cccc(OCC2CCCCC2)c1C. The molecule has 0 amide bonds. The second kappa shape index (κ2) is 8.15. The molecule has 1 aromatic rings. The van der Waals surface area contributed by atoms with E-state index in [0.717, 1.165) is 36.1 Å². The average molecular weight is 277 g/mol. The summed E-state index contributed by atoms with van der Waals surface area (Å²) < 4.78 is 11.8. The van der Waals surface area contributed by atoms with E-state index in [1.54, 1.807) is 0 Å². The molecule has 0 aliphatic heterocycles. The topological polar surface area (TPSA) is 30.5 Å². The van der Waals surface area contributed by atoms with Gasteiger partial charge in [-0.25, -0.2) is 0 Å². The maximum atomic E-state index is 6.03. The molecule has 0 atom stereocenters. The minimum Gasteiger partial charge on any atom is -0.493 e. The van der Waals surface area contributed by atoms with Crippen LogP contribution in [0, 0.1) is 12.8 Å². The fraction of sp³-hybridized carbons (Fsp3) is 0.647. The molecule has 112 valence electrons. The van der Waals surface area contributed by atoms with E-state index in [0.29, 0.717) is 6.61 Å². The van der Waals surface area contributed by atoms with Crippen LogP contribution in [0.1, 0.15) is 37.7 Å². The highest BCUT2D eigenvalue weighted by molar-refractivity contribution is 5.43. The molecule has 0 spiro atoms. The molecule has 0 aromatic heterocycles. The quantitative estimate of drug-likeness (QED) is 0.773. The molecule has 1 saturated carbocycles. The second-order valence-corrected chi connectivity index (χ2v) is 5.65. The lowest BCUT2D eigenvalue weighted by atomic mass is 9.90. The van der Waals surface area contributed by atoms with Gasteiger partial charge in [-0.3, -0.25) is 0 Å². The van der Waals surface area contributed by atoms with E-state index in [1.807, 2.05) is 25.2 Å². The summed E-state index contributed by atoms with van der Waals surface area (Å²) in [4.78, 5) is 0. The van der Waals surface area contributed by atoms with E-state index in [-0.39, 0.29) is 0 Å². The van der Waals surface area contributed by atoms with Crippen LogP contribution in [0.25, 0.3) is 0 Å². The fourth-order valence-corrected chi connectivity index (χ4v) is 2.73. The first-order valence-corrected chi connectivity index (χ1v) is 7.81. The van der Waals surface area contributed by atoms with Crippen molar-refractivity contribution in [3.05, 3.63) is 23.8 Å². The van der Waals surface area contributed by atoms with Gasteiger partial charge in [0.05, 0.1) is 6.61 Å². The van der Waals surface area contributed by atoms with E-state index >= 15 is 0 Å². The zero-order valence-corrected chi connectivity index (χ0v) is 12.8. The van der Waals surface area contributed by atoms with Crippen LogP contribution in [0.3, 0.4) is 0 Å². The minimum atomic E-state index is 0.684. The van der Waals surface area contributed by atoms with Gasteiger partial charge < -0.3 is 14.8 Å². The van der Waals surface area contributed by atoms with Crippen molar-refractivity contribution < 1.29 is 9.47 Å². The molecule has 1 aliphatic carbocycles. The Morgan fingerprint density at radius 3 is 2.50 bits per heavy atom. The molecule has 2 rings (SSSR count).